The van der Waals surface area contributed by atoms with Gasteiger partial charge in [-0.1, -0.05) is 6.07 Å². The highest BCUT2D eigenvalue weighted by molar-refractivity contribution is 6.58. The summed E-state index contributed by atoms with van der Waals surface area (Å²) in [6, 6.07) is 1.38. The fraction of sp³-hybridized carbons (Fsp3) is 0.143. The zero-order valence-electron chi connectivity index (χ0n) is 6.93. The Kier molecular flexibility index (Phi) is 2.65. The first-order valence-corrected chi connectivity index (χ1v) is 3.58. The molecule has 0 saturated heterocycles. The standard InChI is InChI=1S/C7H8BNO4/c1-4-2-5(8(12)13)3-9-6(4)7(10)11/h2-3,12-13H,1H3,(H,10,11). The van der Waals surface area contributed by atoms with Gasteiger partial charge in [-0.05, 0) is 12.5 Å². The van der Waals surface area contributed by atoms with Gasteiger partial charge in [0, 0.05) is 11.7 Å². The number of carbonyl (C=O) groups is 1. The fourth-order valence-electron chi connectivity index (χ4n) is 0.962. The van der Waals surface area contributed by atoms with E-state index < -0.39 is 13.1 Å². The highest BCUT2D eigenvalue weighted by Crippen LogP contribution is 2.01. The van der Waals surface area contributed by atoms with E-state index in [0.717, 1.165) is 6.20 Å². The Morgan fingerprint density at radius 3 is 2.54 bits per heavy atom. The monoisotopic (exact) mass is 181 g/mol. The largest absolute Gasteiger partial charge is 0.490 e. The molecule has 0 saturated carbocycles. The van der Waals surface area contributed by atoms with E-state index in [9.17, 15) is 4.79 Å². The van der Waals surface area contributed by atoms with Gasteiger partial charge in [0.05, 0.1) is 0 Å². The van der Waals surface area contributed by atoms with Gasteiger partial charge in [0.1, 0.15) is 0 Å². The molecule has 6 heteroatoms. The molecular formula is C7H8BNO4. The summed E-state index contributed by atoms with van der Waals surface area (Å²) in [7, 11) is -1.62. The number of carboxylic acids is 1. The van der Waals surface area contributed by atoms with Crippen LogP contribution in [0.3, 0.4) is 0 Å². The lowest BCUT2D eigenvalue weighted by Crippen LogP contribution is -2.31. The van der Waals surface area contributed by atoms with E-state index in [1.165, 1.54) is 6.07 Å². The number of aryl methyl sites for hydroxylation is 1. The first-order chi connectivity index (χ1) is 6.02. The zero-order chi connectivity index (χ0) is 10.0. The van der Waals surface area contributed by atoms with Crippen LogP contribution in [-0.4, -0.2) is 33.2 Å². The summed E-state index contributed by atoms with van der Waals surface area (Å²) >= 11 is 0. The molecule has 0 aromatic carbocycles. The summed E-state index contributed by atoms with van der Waals surface area (Å²) < 4.78 is 0. The Morgan fingerprint density at radius 1 is 1.54 bits per heavy atom. The van der Waals surface area contributed by atoms with Crippen molar-refractivity contribution < 1.29 is 19.9 Å². The summed E-state index contributed by atoms with van der Waals surface area (Å²) in [5.41, 5.74) is 0.505. The molecule has 0 aliphatic rings. The number of hydrogen-bond acceptors (Lipinski definition) is 4. The number of aromatic nitrogens is 1. The van der Waals surface area contributed by atoms with E-state index >= 15 is 0 Å². The van der Waals surface area contributed by atoms with Crippen molar-refractivity contribution >= 4 is 18.6 Å². The van der Waals surface area contributed by atoms with Crippen molar-refractivity contribution in [3.05, 3.63) is 23.5 Å². The van der Waals surface area contributed by atoms with E-state index in [-0.39, 0.29) is 11.2 Å². The molecule has 0 amide bonds. The number of aromatic carboxylic acids is 1. The highest BCUT2D eigenvalue weighted by Gasteiger charge is 2.15. The minimum absolute atomic E-state index is 0.0793. The van der Waals surface area contributed by atoms with Gasteiger partial charge in [0.25, 0.3) is 0 Å². The van der Waals surface area contributed by atoms with Crippen LogP contribution in [0.5, 0.6) is 0 Å². The molecule has 3 N–H and O–H groups in total. The van der Waals surface area contributed by atoms with Crippen molar-refractivity contribution in [1.29, 1.82) is 0 Å². The lowest BCUT2D eigenvalue weighted by atomic mass is 9.81. The van der Waals surface area contributed by atoms with Crippen molar-refractivity contribution in [2.75, 3.05) is 0 Å². The molecule has 0 bridgehead atoms. The summed E-state index contributed by atoms with van der Waals surface area (Å²) in [6.07, 6.45) is 1.13. The predicted octanol–water partition coefficient (Wildman–Crippen LogP) is -1.23. The van der Waals surface area contributed by atoms with Crippen LogP contribution in [0.4, 0.5) is 0 Å². The maximum atomic E-state index is 10.5. The molecule has 1 heterocycles. The highest BCUT2D eigenvalue weighted by atomic mass is 16.4. The summed E-state index contributed by atoms with van der Waals surface area (Å²) in [5, 5.41) is 26.1. The molecular weight excluding hydrogens is 173 g/mol. The maximum absolute atomic E-state index is 10.5. The first kappa shape index (κ1) is 9.69. The molecule has 0 spiro atoms. The average Bonchev–Trinajstić information content (AvgIpc) is 2.03. The van der Waals surface area contributed by atoms with Crippen LogP contribution in [0.1, 0.15) is 16.1 Å². The maximum Gasteiger partial charge on any atom is 0.490 e. The first-order valence-electron chi connectivity index (χ1n) is 3.58. The van der Waals surface area contributed by atoms with Crippen LogP contribution in [0.15, 0.2) is 12.3 Å². The second-order valence-electron chi connectivity index (χ2n) is 2.61. The van der Waals surface area contributed by atoms with Crippen molar-refractivity contribution in [3.63, 3.8) is 0 Å². The van der Waals surface area contributed by atoms with Crippen LogP contribution in [0.2, 0.25) is 0 Å². The molecule has 1 rings (SSSR count). The van der Waals surface area contributed by atoms with Crippen LogP contribution in [-0.2, 0) is 0 Å². The molecule has 13 heavy (non-hydrogen) atoms. The third-order valence-corrected chi connectivity index (χ3v) is 1.60. The van der Waals surface area contributed by atoms with Gasteiger partial charge in [0.15, 0.2) is 5.69 Å². The third kappa shape index (κ3) is 2.04. The third-order valence-electron chi connectivity index (χ3n) is 1.60. The predicted molar refractivity (Wildman–Crippen MR) is 45.8 cm³/mol. The molecule has 0 aliphatic heterocycles. The number of rotatable bonds is 2. The van der Waals surface area contributed by atoms with Crippen molar-refractivity contribution in [3.8, 4) is 0 Å². The Bertz CT molecular complexity index is 339. The van der Waals surface area contributed by atoms with Crippen LogP contribution in [0.25, 0.3) is 0 Å². The van der Waals surface area contributed by atoms with E-state index in [2.05, 4.69) is 4.98 Å². The Balaban J connectivity index is 3.13. The summed E-state index contributed by atoms with van der Waals surface area (Å²) in [4.78, 5) is 14.1. The van der Waals surface area contributed by atoms with Crippen molar-refractivity contribution in [2.45, 2.75) is 6.92 Å². The average molecular weight is 181 g/mol. The van der Waals surface area contributed by atoms with E-state index in [0.29, 0.717) is 5.56 Å². The Labute approximate surface area is 74.8 Å². The number of carboxylic acid groups (broad SMARTS) is 1. The van der Waals surface area contributed by atoms with E-state index in [1.54, 1.807) is 6.92 Å². The van der Waals surface area contributed by atoms with Gasteiger partial charge >= 0.3 is 13.1 Å². The second-order valence-corrected chi connectivity index (χ2v) is 2.61. The molecule has 0 aliphatic carbocycles. The van der Waals surface area contributed by atoms with Crippen molar-refractivity contribution in [1.82, 2.24) is 4.98 Å². The molecule has 0 fully saturated rings. The number of nitrogens with zero attached hydrogens (tertiary/aromatic N) is 1. The van der Waals surface area contributed by atoms with Gasteiger partial charge in [0.2, 0.25) is 0 Å². The van der Waals surface area contributed by atoms with Gasteiger partial charge in [-0.3, -0.25) is 0 Å². The van der Waals surface area contributed by atoms with Gasteiger partial charge in [-0.2, -0.15) is 0 Å². The smallest absolute Gasteiger partial charge is 0.477 e. The fourth-order valence-corrected chi connectivity index (χ4v) is 0.962. The molecule has 1 aromatic rings. The van der Waals surface area contributed by atoms with Crippen LogP contribution >= 0.6 is 0 Å². The molecule has 5 nitrogen and oxygen atoms in total. The SMILES string of the molecule is Cc1cc(B(O)O)cnc1C(=O)O. The Hall–Kier alpha value is -1.40. The lowest BCUT2D eigenvalue weighted by molar-refractivity contribution is 0.0689. The van der Waals surface area contributed by atoms with Crippen LogP contribution < -0.4 is 5.46 Å². The minimum Gasteiger partial charge on any atom is -0.477 e. The molecule has 68 valence electrons. The zero-order valence-corrected chi connectivity index (χ0v) is 6.93. The van der Waals surface area contributed by atoms with E-state index in [4.69, 9.17) is 15.2 Å². The summed E-state index contributed by atoms with van der Waals surface area (Å²) in [5.74, 6) is -1.13. The second kappa shape index (κ2) is 3.55. The number of hydrogen-bond donors (Lipinski definition) is 3. The van der Waals surface area contributed by atoms with Gasteiger partial charge < -0.3 is 15.2 Å². The molecule has 0 atom stereocenters. The molecule has 0 radical (unpaired) electrons. The van der Waals surface area contributed by atoms with E-state index in [1.807, 2.05) is 0 Å². The topological polar surface area (TPSA) is 90.7 Å². The summed E-state index contributed by atoms with van der Waals surface area (Å²) in [6.45, 7) is 1.54. The molecule has 1 aromatic heterocycles. The lowest BCUT2D eigenvalue weighted by Gasteiger charge is -2.02. The minimum atomic E-state index is -1.62. The quantitative estimate of drug-likeness (QED) is 0.496. The number of pyridine rings is 1. The van der Waals surface area contributed by atoms with Gasteiger partial charge in [-0.15, -0.1) is 0 Å². The Morgan fingerprint density at radius 2 is 2.15 bits per heavy atom. The van der Waals surface area contributed by atoms with Crippen molar-refractivity contribution in [2.24, 2.45) is 0 Å². The van der Waals surface area contributed by atoms with Gasteiger partial charge in [-0.25, -0.2) is 9.78 Å². The molecule has 0 unspecified atom stereocenters. The van der Waals surface area contributed by atoms with Crippen LogP contribution in [0, 0.1) is 6.92 Å². The normalized spacial score (nSPS) is 9.77.